The number of amides is 1. The van der Waals surface area contributed by atoms with E-state index in [-0.39, 0.29) is 35.2 Å². The number of anilines is 2. The average molecular weight is 511 g/mol. The van der Waals surface area contributed by atoms with Gasteiger partial charge in [-0.1, -0.05) is 12.1 Å². The van der Waals surface area contributed by atoms with E-state index in [1.165, 1.54) is 35.0 Å². The predicted molar refractivity (Wildman–Crippen MR) is 130 cm³/mol. The number of pyridine rings is 1. The molecule has 13 heteroatoms. The van der Waals surface area contributed by atoms with E-state index < -0.39 is 16.7 Å². The summed E-state index contributed by atoms with van der Waals surface area (Å²) in [5, 5.41) is 20.7. The lowest BCUT2D eigenvalue weighted by Gasteiger charge is -2.09. The Morgan fingerprint density at radius 3 is 2.46 bits per heavy atom. The Labute approximate surface area is 208 Å². The van der Waals surface area contributed by atoms with E-state index in [4.69, 9.17) is 5.73 Å². The van der Waals surface area contributed by atoms with E-state index >= 15 is 0 Å². The predicted octanol–water partition coefficient (Wildman–Crippen LogP) is 4.29. The second kappa shape index (κ2) is 10.4. The monoisotopic (exact) mass is 511 g/mol. The van der Waals surface area contributed by atoms with Gasteiger partial charge in [0.25, 0.3) is 11.6 Å². The number of nitrogens with two attached hydrogens (primary N) is 1. The van der Waals surface area contributed by atoms with Gasteiger partial charge in [-0.15, -0.1) is 0 Å². The fourth-order valence-corrected chi connectivity index (χ4v) is 3.42. The molecule has 4 rings (SSSR count). The van der Waals surface area contributed by atoms with Crippen LogP contribution in [0.3, 0.4) is 0 Å². The van der Waals surface area contributed by atoms with Crippen LogP contribution in [0.5, 0.6) is 0 Å². The van der Waals surface area contributed by atoms with Gasteiger partial charge in [0.1, 0.15) is 17.8 Å². The summed E-state index contributed by atoms with van der Waals surface area (Å²) in [5.41, 5.74) is 6.59. The summed E-state index contributed by atoms with van der Waals surface area (Å²) < 4.78 is 40.5. The van der Waals surface area contributed by atoms with Crippen LogP contribution in [-0.2, 0) is 6.18 Å². The van der Waals surface area contributed by atoms with Crippen molar-refractivity contribution in [2.45, 2.75) is 6.18 Å². The zero-order valence-electron chi connectivity index (χ0n) is 19.1. The summed E-state index contributed by atoms with van der Waals surface area (Å²) in [6.45, 7) is 0.614. The number of nitro groups is 1. The molecule has 4 aromatic rings. The molecule has 0 saturated heterocycles. The minimum atomic E-state index is -4.47. The summed E-state index contributed by atoms with van der Waals surface area (Å²) >= 11 is 0. The Bertz CT molecular complexity index is 1420. The lowest BCUT2D eigenvalue weighted by Crippen LogP contribution is -2.28. The first-order chi connectivity index (χ1) is 17.6. The number of alkyl halides is 3. The highest BCUT2D eigenvalue weighted by atomic mass is 19.4. The van der Waals surface area contributed by atoms with Gasteiger partial charge in [-0.3, -0.25) is 14.9 Å². The van der Waals surface area contributed by atoms with E-state index in [2.05, 4.69) is 20.7 Å². The van der Waals surface area contributed by atoms with Crippen molar-refractivity contribution in [3.63, 3.8) is 0 Å². The van der Waals surface area contributed by atoms with Crippen LogP contribution in [0.4, 0.5) is 30.5 Å². The molecule has 2 heterocycles. The molecule has 0 fully saturated rings. The van der Waals surface area contributed by atoms with Gasteiger partial charge in [-0.25, -0.2) is 9.67 Å². The average Bonchev–Trinajstić information content (AvgIpc) is 3.28. The highest BCUT2D eigenvalue weighted by molar-refractivity contribution is 5.94. The number of halogens is 3. The van der Waals surface area contributed by atoms with Gasteiger partial charge in [0.05, 0.1) is 21.9 Å². The van der Waals surface area contributed by atoms with Gasteiger partial charge in [-0.2, -0.15) is 18.3 Å². The molecule has 0 bridgehead atoms. The number of hydrogen-bond acceptors (Lipinski definition) is 7. The first-order valence-corrected chi connectivity index (χ1v) is 10.9. The molecule has 0 aliphatic rings. The second-order valence-corrected chi connectivity index (χ2v) is 7.83. The summed E-state index contributed by atoms with van der Waals surface area (Å²) in [4.78, 5) is 26.5. The molecule has 2 aromatic heterocycles. The van der Waals surface area contributed by atoms with Crippen LogP contribution in [0.2, 0.25) is 0 Å². The Hall–Kier alpha value is -4.94. The maximum absolute atomic E-state index is 13.0. The molecule has 190 valence electrons. The number of nitrogen functional groups attached to an aromatic ring is 1. The fourth-order valence-electron chi connectivity index (χ4n) is 3.42. The highest BCUT2D eigenvalue weighted by Gasteiger charge is 2.30. The normalized spacial score (nSPS) is 11.2. The van der Waals surface area contributed by atoms with Crippen LogP contribution in [0.25, 0.3) is 16.9 Å². The third-order valence-corrected chi connectivity index (χ3v) is 5.27. The van der Waals surface area contributed by atoms with Crippen LogP contribution >= 0.6 is 0 Å². The Morgan fingerprint density at radius 2 is 1.81 bits per heavy atom. The molecule has 0 radical (unpaired) electrons. The topological polar surface area (TPSA) is 141 Å². The van der Waals surface area contributed by atoms with E-state index in [0.717, 1.165) is 18.3 Å². The molecule has 0 unspecified atom stereocenters. The Morgan fingerprint density at radius 1 is 1.05 bits per heavy atom. The number of rotatable bonds is 8. The molecule has 0 spiro atoms. The standard InChI is InChI=1S/C24H20F3N7O3/c25-24(26,27)17-3-1-2-16(12-17)20-13-21(28)33(32-20)18-6-4-15(5-7-18)23(35)30-11-10-29-22-9-8-19(14-31-22)34(36)37/h1-9,12-14H,10-11,28H2,(H,29,31)(H,30,35). The summed E-state index contributed by atoms with van der Waals surface area (Å²) in [7, 11) is 0. The third-order valence-electron chi connectivity index (χ3n) is 5.27. The Kier molecular flexibility index (Phi) is 7.04. The van der Waals surface area contributed by atoms with Crippen LogP contribution in [0, 0.1) is 10.1 Å². The van der Waals surface area contributed by atoms with Crippen molar-refractivity contribution in [2.75, 3.05) is 24.1 Å². The molecule has 37 heavy (non-hydrogen) atoms. The maximum atomic E-state index is 13.0. The van der Waals surface area contributed by atoms with Gasteiger partial charge in [0, 0.05) is 36.3 Å². The number of carbonyl (C=O) groups is 1. The molecule has 10 nitrogen and oxygen atoms in total. The molecule has 0 aliphatic carbocycles. The van der Waals surface area contributed by atoms with Gasteiger partial charge >= 0.3 is 6.18 Å². The third kappa shape index (κ3) is 6.01. The number of hydrogen-bond donors (Lipinski definition) is 3. The van der Waals surface area contributed by atoms with Gasteiger partial charge < -0.3 is 16.4 Å². The molecule has 2 aromatic carbocycles. The summed E-state index contributed by atoms with van der Waals surface area (Å²) in [5.74, 6) is 0.323. The van der Waals surface area contributed by atoms with Crippen LogP contribution < -0.4 is 16.4 Å². The molecule has 4 N–H and O–H groups in total. The van der Waals surface area contributed by atoms with Crippen LogP contribution in [0.15, 0.2) is 72.9 Å². The number of benzene rings is 2. The molecule has 0 atom stereocenters. The van der Waals surface area contributed by atoms with Crippen LogP contribution in [0.1, 0.15) is 15.9 Å². The van der Waals surface area contributed by atoms with Crippen molar-refractivity contribution >= 4 is 23.2 Å². The molecule has 0 aliphatic heterocycles. The number of aromatic nitrogens is 3. The first kappa shape index (κ1) is 25.2. The minimum absolute atomic E-state index is 0.119. The van der Waals surface area contributed by atoms with E-state index in [1.807, 2.05) is 0 Å². The number of carbonyl (C=O) groups excluding carboxylic acids is 1. The van der Waals surface area contributed by atoms with Crippen molar-refractivity contribution in [2.24, 2.45) is 0 Å². The van der Waals surface area contributed by atoms with Crippen molar-refractivity contribution < 1.29 is 22.9 Å². The van der Waals surface area contributed by atoms with E-state index in [9.17, 15) is 28.1 Å². The van der Waals surface area contributed by atoms with Crippen molar-refractivity contribution in [3.8, 4) is 16.9 Å². The molecular weight excluding hydrogens is 491 g/mol. The SMILES string of the molecule is Nc1cc(-c2cccc(C(F)(F)F)c2)nn1-c1ccc(C(=O)NCCNc2ccc([N+](=O)[O-])cn2)cc1. The van der Waals surface area contributed by atoms with Gasteiger partial charge in [0.2, 0.25) is 0 Å². The van der Waals surface area contributed by atoms with Crippen LogP contribution in [-0.4, -0.2) is 38.7 Å². The number of nitrogens with one attached hydrogen (secondary N) is 2. The quantitative estimate of drug-likeness (QED) is 0.182. The lowest BCUT2D eigenvalue weighted by molar-refractivity contribution is -0.385. The lowest BCUT2D eigenvalue weighted by atomic mass is 10.1. The second-order valence-electron chi connectivity index (χ2n) is 7.83. The fraction of sp³-hybridized carbons (Fsp3) is 0.125. The van der Waals surface area contributed by atoms with Crippen molar-refractivity contribution in [1.29, 1.82) is 0 Å². The zero-order chi connectivity index (χ0) is 26.6. The first-order valence-electron chi connectivity index (χ1n) is 10.9. The van der Waals surface area contributed by atoms with E-state index in [0.29, 0.717) is 23.6 Å². The molecular formula is C24H20F3N7O3. The zero-order valence-corrected chi connectivity index (χ0v) is 19.1. The number of nitrogens with zero attached hydrogens (tertiary/aromatic N) is 4. The van der Waals surface area contributed by atoms with Gasteiger partial charge in [0.15, 0.2) is 0 Å². The summed E-state index contributed by atoms with van der Waals surface area (Å²) in [6, 6.07) is 15.5. The largest absolute Gasteiger partial charge is 0.416 e. The smallest absolute Gasteiger partial charge is 0.384 e. The highest BCUT2D eigenvalue weighted by Crippen LogP contribution is 2.32. The molecule has 1 amide bonds. The van der Waals surface area contributed by atoms with Crippen molar-refractivity contribution in [3.05, 3.63) is 94.2 Å². The van der Waals surface area contributed by atoms with E-state index in [1.54, 1.807) is 24.3 Å². The van der Waals surface area contributed by atoms with Gasteiger partial charge in [-0.05, 0) is 42.5 Å². The minimum Gasteiger partial charge on any atom is -0.384 e. The Balaban J connectivity index is 1.36. The maximum Gasteiger partial charge on any atom is 0.416 e. The van der Waals surface area contributed by atoms with Crippen molar-refractivity contribution in [1.82, 2.24) is 20.1 Å². The summed E-state index contributed by atoms with van der Waals surface area (Å²) in [6.07, 6.45) is -3.34. The molecule has 0 saturated carbocycles.